The number of nitrogens with zero attached hydrogens (tertiary/aromatic N) is 4. The Morgan fingerprint density at radius 3 is 2.80 bits per heavy atom. The highest BCUT2D eigenvalue weighted by Crippen LogP contribution is 2.49. The molecule has 6 rings (SSSR count). The first-order valence-electron chi connectivity index (χ1n) is 9.09. The Bertz CT molecular complexity index is 826. The maximum absolute atomic E-state index is 11.1. The van der Waals surface area contributed by atoms with Gasteiger partial charge in [0.05, 0.1) is 10.2 Å². The molecule has 2 aromatic rings. The summed E-state index contributed by atoms with van der Waals surface area (Å²) in [6.07, 6.45) is 2.69. The fourth-order valence-electron chi connectivity index (χ4n) is 4.69. The van der Waals surface area contributed by atoms with E-state index in [0.29, 0.717) is 30.2 Å². The number of rotatable bonds is 4. The lowest BCUT2D eigenvalue weighted by atomic mass is 9.60. The quantitative estimate of drug-likeness (QED) is 0.906. The lowest BCUT2D eigenvalue weighted by Crippen LogP contribution is -2.56. The van der Waals surface area contributed by atoms with Crippen molar-refractivity contribution in [2.75, 3.05) is 29.4 Å². The third kappa shape index (κ3) is 2.39. The van der Waals surface area contributed by atoms with Crippen LogP contribution in [0.2, 0.25) is 0 Å². The molecule has 132 valence electrons. The fourth-order valence-corrected chi connectivity index (χ4v) is 5.54. The lowest BCUT2D eigenvalue weighted by molar-refractivity contribution is -0.141. The second kappa shape index (κ2) is 5.56. The van der Waals surface area contributed by atoms with Crippen LogP contribution in [-0.4, -0.2) is 46.7 Å². The molecule has 0 radical (unpaired) electrons. The predicted octanol–water partition coefficient (Wildman–Crippen LogP) is 2.84. The normalized spacial score (nSPS) is 30.9. The number of aliphatic carboxylic acids is 1. The van der Waals surface area contributed by atoms with Crippen LogP contribution in [0.3, 0.4) is 0 Å². The molecule has 5 heterocycles. The Labute approximate surface area is 150 Å². The Morgan fingerprint density at radius 1 is 1.36 bits per heavy atom. The Hall–Kier alpha value is -1.89. The molecule has 0 aromatic carbocycles. The van der Waals surface area contributed by atoms with Gasteiger partial charge in [-0.2, -0.15) is 4.98 Å². The van der Waals surface area contributed by atoms with Crippen molar-refractivity contribution in [3.63, 3.8) is 0 Å². The second-order valence-corrected chi connectivity index (χ2v) is 8.65. The Balaban J connectivity index is 1.45. The molecule has 25 heavy (non-hydrogen) atoms. The first-order chi connectivity index (χ1) is 12.1. The second-order valence-electron chi connectivity index (χ2n) is 7.74. The van der Waals surface area contributed by atoms with Gasteiger partial charge < -0.3 is 14.9 Å². The largest absolute Gasteiger partial charge is 0.481 e. The number of thiophene rings is 1. The van der Waals surface area contributed by atoms with Gasteiger partial charge in [0.1, 0.15) is 0 Å². The van der Waals surface area contributed by atoms with E-state index in [1.807, 2.05) is 0 Å². The molecule has 3 atom stereocenters. The summed E-state index contributed by atoms with van der Waals surface area (Å²) in [5.74, 6) is 2.57. The van der Waals surface area contributed by atoms with Gasteiger partial charge in [-0.3, -0.25) is 4.79 Å². The minimum atomic E-state index is -0.662. The number of aromatic nitrogens is 2. The van der Waals surface area contributed by atoms with E-state index in [9.17, 15) is 4.79 Å². The van der Waals surface area contributed by atoms with Crippen molar-refractivity contribution >= 4 is 39.3 Å². The zero-order valence-electron chi connectivity index (χ0n) is 14.3. The number of fused-ring (bicyclic) bond motifs is 3. The Kier molecular flexibility index (Phi) is 3.42. The summed E-state index contributed by atoms with van der Waals surface area (Å²) < 4.78 is 1.16. The highest BCUT2D eigenvalue weighted by molar-refractivity contribution is 7.17. The molecule has 3 unspecified atom stereocenters. The van der Waals surface area contributed by atoms with Gasteiger partial charge in [0.2, 0.25) is 5.95 Å². The summed E-state index contributed by atoms with van der Waals surface area (Å²) >= 11 is 1.70. The monoisotopic (exact) mass is 358 g/mol. The number of carboxylic acids is 1. The average Bonchev–Trinajstić information content (AvgIpc) is 3.06. The summed E-state index contributed by atoms with van der Waals surface area (Å²) in [6.45, 7) is 5.10. The van der Waals surface area contributed by atoms with Crippen LogP contribution in [0.4, 0.5) is 11.8 Å². The van der Waals surface area contributed by atoms with Crippen LogP contribution in [0, 0.1) is 17.8 Å². The van der Waals surface area contributed by atoms with E-state index >= 15 is 0 Å². The van der Waals surface area contributed by atoms with E-state index in [-0.39, 0.29) is 0 Å². The molecule has 2 aromatic heterocycles. The number of hydrogen-bond acceptors (Lipinski definition) is 6. The molecular formula is C18H22N4O2S. The predicted molar refractivity (Wildman–Crippen MR) is 98.4 cm³/mol. The van der Waals surface area contributed by atoms with E-state index in [1.54, 1.807) is 11.3 Å². The highest BCUT2D eigenvalue weighted by Gasteiger charge is 2.48. The number of carboxylic acid groups (broad SMARTS) is 1. The number of carbonyl (C=O) groups is 1. The van der Waals surface area contributed by atoms with Crippen molar-refractivity contribution in [1.29, 1.82) is 0 Å². The van der Waals surface area contributed by atoms with Crippen molar-refractivity contribution in [2.45, 2.75) is 32.2 Å². The maximum Gasteiger partial charge on any atom is 0.303 e. The number of piperidine rings is 2. The minimum Gasteiger partial charge on any atom is -0.481 e. The summed E-state index contributed by atoms with van der Waals surface area (Å²) in [6, 6.07) is 2.59. The maximum atomic E-state index is 11.1. The van der Waals surface area contributed by atoms with Crippen molar-refractivity contribution in [3.05, 3.63) is 11.4 Å². The summed E-state index contributed by atoms with van der Waals surface area (Å²) in [4.78, 5) is 25.4. The van der Waals surface area contributed by atoms with Gasteiger partial charge in [-0.05, 0) is 49.0 Å². The SMILES string of the molecule is CC1CCN1c1nc(N2CC3CC(C2)C3CC(=O)O)c2sccc2n1. The van der Waals surface area contributed by atoms with Gasteiger partial charge >= 0.3 is 5.97 Å². The third-order valence-electron chi connectivity index (χ3n) is 6.29. The van der Waals surface area contributed by atoms with Crippen LogP contribution >= 0.6 is 11.3 Å². The van der Waals surface area contributed by atoms with Crippen molar-refractivity contribution in [2.24, 2.45) is 17.8 Å². The highest BCUT2D eigenvalue weighted by atomic mass is 32.1. The average molecular weight is 358 g/mol. The molecule has 4 aliphatic rings. The zero-order valence-corrected chi connectivity index (χ0v) is 15.1. The smallest absolute Gasteiger partial charge is 0.303 e. The van der Waals surface area contributed by atoms with E-state index in [4.69, 9.17) is 15.1 Å². The standard InChI is InChI=1S/C18H22N4O2S/c1-10-2-4-22(10)18-19-14-3-5-25-16(14)17(20-18)21-8-11-6-12(9-21)13(11)7-15(23)24/h3,5,10-13H,2,4,6-9H2,1H3,(H,23,24). The van der Waals surface area contributed by atoms with Crippen molar-refractivity contribution < 1.29 is 9.90 Å². The first-order valence-corrected chi connectivity index (χ1v) is 9.96. The molecule has 1 aliphatic carbocycles. The summed E-state index contributed by atoms with van der Waals surface area (Å²) in [5.41, 5.74) is 1.03. The molecule has 0 amide bonds. The van der Waals surface area contributed by atoms with E-state index in [2.05, 4.69) is 28.2 Å². The van der Waals surface area contributed by atoms with Crippen LogP contribution in [0.5, 0.6) is 0 Å². The fraction of sp³-hybridized carbons (Fsp3) is 0.611. The molecule has 4 fully saturated rings. The molecular weight excluding hydrogens is 336 g/mol. The van der Waals surface area contributed by atoms with E-state index < -0.39 is 5.97 Å². The van der Waals surface area contributed by atoms with Gasteiger partial charge in [0.15, 0.2) is 5.82 Å². The van der Waals surface area contributed by atoms with Gasteiger partial charge in [0.25, 0.3) is 0 Å². The Morgan fingerprint density at radius 2 is 2.16 bits per heavy atom. The van der Waals surface area contributed by atoms with Crippen LogP contribution in [-0.2, 0) is 4.79 Å². The zero-order chi connectivity index (χ0) is 17.1. The van der Waals surface area contributed by atoms with Crippen LogP contribution in [0.1, 0.15) is 26.2 Å². The van der Waals surface area contributed by atoms with Crippen LogP contribution < -0.4 is 9.80 Å². The molecule has 7 heteroatoms. The van der Waals surface area contributed by atoms with Gasteiger partial charge in [-0.1, -0.05) is 0 Å². The molecule has 3 aliphatic heterocycles. The van der Waals surface area contributed by atoms with E-state index in [0.717, 1.165) is 41.6 Å². The minimum absolute atomic E-state index is 0.317. The number of anilines is 2. The number of hydrogen-bond donors (Lipinski definition) is 1. The third-order valence-corrected chi connectivity index (χ3v) is 7.19. The van der Waals surface area contributed by atoms with E-state index in [1.165, 1.54) is 12.8 Å². The van der Waals surface area contributed by atoms with Crippen LogP contribution in [0.25, 0.3) is 10.2 Å². The van der Waals surface area contributed by atoms with Crippen molar-refractivity contribution in [3.8, 4) is 0 Å². The molecule has 1 N–H and O–H groups in total. The summed E-state index contributed by atoms with van der Waals surface area (Å²) in [5, 5.41) is 11.2. The van der Waals surface area contributed by atoms with Gasteiger partial charge in [-0.25, -0.2) is 4.98 Å². The molecule has 2 bridgehead atoms. The topological polar surface area (TPSA) is 69.6 Å². The van der Waals surface area contributed by atoms with Gasteiger partial charge in [0, 0.05) is 32.1 Å². The molecule has 1 saturated carbocycles. The van der Waals surface area contributed by atoms with Crippen LogP contribution in [0.15, 0.2) is 11.4 Å². The molecule has 3 saturated heterocycles. The van der Waals surface area contributed by atoms with Gasteiger partial charge in [-0.15, -0.1) is 11.3 Å². The molecule has 6 nitrogen and oxygen atoms in total. The van der Waals surface area contributed by atoms with Crippen molar-refractivity contribution in [1.82, 2.24) is 9.97 Å². The molecule has 0 spiro atoms. The lowest BCUT2D eigenvalue weighted by Gasteiger charge is -2.53. The summed E-state index contributed by atoms with van der Waals surface area (Å²) in [7, 11) is 0. The first kappa shape index (κ1) is 15.4.